The van der Waals surface area contributed by atoms with Crippen LogP contribution in [0.15, 0.2) is 35.5 Å². The van der Waals surface area contributed by atoms with E-state index in [1.165, 1.54) is 6.42 Å². The van der Waals surface area contributed by atoms with Gasteiger partial charge < -0.3 is 9.94 Å². The van der Waals surface area contributed by atoms with Gasteiger partial charge >= 0.3 is 5.97 Å². The van der Waals surface area contributed by atoms with Gasteiger partial charge in [0.2, 0.25) is 0 Å². The quantitative estimate of drug-likeness (QED) is 0.387. The fourth-order valence-corrected chi connectivity index (χ4v) is 2.53. The predicted octanol–water partition coefficient (Wildman–Crippen LogP) is 3.52. The average molecular weight is 275 g/mol. The summed E-state index contributed by atoms with van der Waals surface area (Å²) in [6.07, 6.45) is 6.22. The number of nitrogens with zero attached hydrogens (tertiary/aromatic N) is 1. The molecule has 2 rings (SSSR count). The molecule has 0 aromatic heterocycles. The van der Waals surface area contributed by atoms with Crippen molar-refractivity contribution in [2.45, 2.75) is 51.0 Å². The number of rotatable bonds is 5. The molecule has 0 heterocycles. The molecule has 1 aromatic rings. The lowest BCUT2D eigenvalue weighted by atomic mass is 9.98. The monoisotopic (exact) mass is 275 g/mol. The molecule has 0 unspecified atom stereocenters. The first-order chi connectivity index (χ1) is 9.79. The maximum Gasteiger partial charge on any atom is 0.306 e. The Morgan fingerprint density at radius 3 is 2.50 bits per heavy atom. The Morgan fingerprint density at radius 2 is 1.85 bits per heavy atom. The molecule has 0 aliphatic heterocycles. The molecule has 0 amide bonds. The van der Waals surface area contributed by atoms with E-state index in [2.05, 4.69) is 5.16 Å². The van der Waals surface area contributed by atoms with Crippen LogP contribution in [0.4, 0.5) is 0 Å². The number of hydrogen-bond acceptors (Lipinski definition) is 4. The van der Waals surface area contributed by atoms with Crippen LogP contribution in [0, 0.1) is 0 Å². The molecular weight excluding hydrogens is 254 g/mol. The minimum absolute atomic E-state index is 0.0856. The van der Waals surface area contributed by atoms with Crippen molar-refractivity contribution in [3.8, 4) is 0 Å². The minimum Gasteiger partial charge on any atom is -0.462 e. The predicted molar refractivity (Wildman–Crippen MR) is 77.0 cm³/mol. The SMILES string of the molecule is O=C(CC/C(=N\O)c1ccccc1)OC1CCCCC1. The highest BCUT2D eigenvalue weighted by atomic mass is 16.5. The largest absolute Gasteiger partial charge is 0.462 e. The Morgan fingerprint density at radius 1 is 1.15 bits per heavy atom. The van der Waals surface area contributed by atoms with Gasteiger partial charge in [0.15, 0.2) is 0 Å². The third kappa shape index (κ3) is 4.37. The zero-order chi connectivity index (χ0) is 14.2. The molecule has 1 saturated carbocycles. The normalized spacial score (nSPS) is 16.9. The van der Waals surface area contributed by atoms with Gasteiger partial charge in [0.05, 0.1) is 12.1 Å². The van der Waals surface area contributed by atoms with Crippen molar-refractivity contribution < 1.29 is 14.7 Å². The van der Waals surface area contributed by atoms with Crippen molar-refractivity contribution in [3.63, 3.8) is 0 Å². The van der Waals surface area contributed by atoms with Gasteiger partial charge in [-0.05, 0) is 31.2 Å². The van der Waals surface area contributed by atoms with Crippen molar-refractivity contribution in [3.05, 3.63) is 35.9 Å². The van der Waals surface area contributed by atoms with Crippen LogP contribution >= 0.6 is 0 Å². The molecule has 0 spiro atoms. The molecule has 0 bridgehead atoms. The second-order valence-electron chi connectivity index (χ2n) is 5.16. The zero-order valence-corrected chi connectivity index (χ0v) is 11.6. The molecular formula is C16H21NO3. The summed E-state index contributed by atoms with van der Waals surface area (Å²) in [5, 5.41) is 12.3. The van der Waals surface area contributed by atoms with Crippen molar-refractivity contribution in [2.24, 2.45) is 5.16 Å². The lowest BCUT2D eigenvalue weighted by Crippen LogP contribution is -2.21. The summed E-state index contributed by atoms with van der Waals surface area (Å²) >= 11 is 0. The molecule has 4 nitrogen and oxygen atoms in total. The summed E-state index contributed by atoms with van der Waals surface area (Å²) in [7, 11) is 0. The van der Waals surface area contributed by atoms with Crippen LogP contribution in [0.3, 0.4) is 0 Å². The maximum absolute atomic E-state index is 11.8. The molecule has 0 atom stereocenters. The van der Waals surface area contributed by atoms with Crippen molar-refractivity contribution in [1.82, 2.24) is 0 Å². The van der Waals surface area contributed by atoms with Gasteiger partial charge in [-0.1, -0.05) is 41.9 Å². The second kappa shape index (κ2) is 7.68. The third-order valence-electron chi connectivity index (χ3n) is 3.64. The van der Waals surface area contributed by atoms with Gasteiger partial charge in [0, 0.05) is 6.42 Å². The lowest BCUT2D eigenvalue weighted by molar-refractivity contribution is -0.150. The maximum atomic E-state index is 11.8. The molecule has 4 heteroatoms. The van der Waals surface area contributed by atoms with E-state index in [-0.39, 0.29) is 18.5 Å². The van der Waals surface area contributed by atoms with E-state index in [0.29, 0.717) is 12.1 Å². The van der Waals surface area contributed by atoms with Crippen molar-refractivity contribution in [1.29, 1.82) is 0 Å². The summed E-state index contributed by atoms with van der Waals surface area (Å²) in [4.78, 5) is 11.8. The highest BCUT2D eigenvalue weighted by Gasteiger charge is 2.18. The number of ether oxygens (including phenoxy) is 1. The molecule has 1 N–H and O–H groups in total. The number of carbonyl (C=O) groups is 1. The molecule has 1 fully saturated rings. The number of benzene rings is 1. The van der Waals surface area contributed by atoms with E-state index in [9.17, 15) is 4.79 Å². The topological polar surface area (TPSA) is 58.9 Å². The molecule has 20 heavy (non-hydrogen) atoms. The number of esters is 1. The van der Waals surface area contributed by atoms with E-state index in [1.54, 1.807) is 0 Å². The van der Waals surface area contributed by atoms with Crippen LogP contribution < -0.4 is 0 Å². The van der Waals surface area contributed by atoms with Crippen molar-refractivity contribution >= 4 is 11.7 Å². The Kier molecular flexibility index (Phi) is 5.59. The van der Waals surface area contributed by atoms with Gasteiger partial charge in [-0.15, -0.1) is 0 Å². The summed E-state index contributed by atoms with van der Waals surface area (Å²) < 4.78 is 5.45. The lowest BCUT2D eigenvalue weighted by Gasteiger charge is -2.21. The number of carbonyl (C=O) groups excluding carboxylic acids is 1. The van der Waals surface area contributed by atoms with Gasteiger partial charge in [0.1, 0.15) is 6.10 Å². The van der Waals surface area contributed by atoms with Crippen LogP contribution in [0.25, 0.3) is 0 Å². The summed E-state index contributed by atoms with van der Waals surface area (Å²) in [6.45, 7) is 0. The molecule has 108 valence electrons. The van der Waals surface area contributed by atoms with E-state index in [4.69, 9.17) is 9.94 Å². The van der Waals surface area contributed by atoms with Crippen LogP contribution in [-0.2, 0) is 9.53 Å². The molecule has 1 aromatic carbocycles. The van der Waals surface area contributed by atoms with Crippen LogP contribution in [0.1, 0.15) is 50.5 Å². The highest BCUT2D eigenvalue weighted by molar-refractivity contribution is 6.01. The minimum atomic E-state index is -0.200. The van der Waals surface area contributed by atoms with Crippen LogP contribution in [0.2, 0.25) is 0 Å². The zero-order valence-electron chi connectivity index (χ0n) is 11.6. The molecule has 1 aliphatic rings. The second-order valence-corrected chi connectivity index (χ2v) is 5.16. The third-order valence-corrected chi connectivity index (χ3v) is 3.64. The van der Waals surface area contributed by atoms with E-state index < -0.39 is 0 Å². The van der Waals surface area contributed by atoms with Gasteiger partial charge in [0.25, 0.3) is 0 Å². The first kappa shape index (κ1) is 14.6. The molecule has 0 radical (unpaired) electrons. The Labute approximate surface area is 119 Å². The molecule has 0 saturated heterocycles. The summed E-state index contributed by atoms with van der Waals surface area (Å²) in [6, 6.07) is 9.38. The smallest absolute Gasteiger partial charge is 0.306 e. The van der Waals surface area contributed by atoms with Crippen LogP contribution in [-0.4, -0.2) is 23.0 Å². The Bertz CT molecular complexity index is 450. The Hall–Kier alpha value is -1.84. The van der Waals surface area contributed by atoms with E-state index in [0.717, 1.165) is 31.2 Å². The first-order valence-corrected chi connectivity index (χ1v) is 7.25. The van der Waals surface area contributed by atoms with Crippen molar-refractivity contribution in [2.75, 3.05) is 0 Å². The summed E-state index contributed by atoms with van der Waals surface area (Å²) in [5.41, 5.74) is 1.35. The standard InChI is InChI=1S/C16H21NO3/c18-16(20-14-9-5-2-6-10-14)12-11-15(17-19)13-7-3-1-4-8-13/h1,3-4,7-8,14,19H,2,5-6,9-12H2/b17-15+. The van der Waals surface area contributed by atoms with E-state index in [1.807, 2.05) is 30.3 Å². The summed E-state index contributed by atoms with van der Waals surface area (Å²) in [5.74, 6) is -0.200. The van der Waals surface area contributed by atoms with Gasteiger partial charge in [-0.3, -0.25) is 4.79 Å². The van der Waals surface area contributed by atoms with Gasteiger partial charge in [-0.2, -0.15) is 0 Å². The molecule has 1 aliphatic carbocycles. The fraction of sp³-hybridized carbons (Fsp3) is 0.500. The van der Waals surface area contributed by atoms with E-state index >= 15 is 0 Å². The number of oxime groups is 1. The highest BCUT2D eigenvalue weighted by Crippen LogP contribution is 2.21. The first-order valence-electron chi connectivity index (χ1n) is 7.25. The Balaban J connectivity index is 1.80. The van der Waals surface area contributed by atoms with Gasteiger partial charge in [-0.25, -0.2) is 0 Å². The number of hydrogen-bond donors (Lipinski definition) is 1. The van der Waals surface area contributed by atoms with Crippen LogP contribution in [0.5, 0.6) is 0 Å². The average Bonchev–Trinajstić information content (AvgIpc) is 2.50. The fourth-order valence-electron chi connectivity index (χ4n) is 2.53.